The molecule has 0 N–H and O–H groups in total. The van der Waals surface area contributed by atoms with Crippen molar-refractivity contribution in [2.75, 3.05) is 0 Å². The number of benzene rings is 2. The summed E-state index contributed by atoms with van der Waals surface area (Å²) in [6.45, 7) is 2.27. The molecule has 0 spiro atoms. The summed E-state index contributed by atoms with van der Waals surface area (Å²) in [7, 11) is 0. The van der Waals surface area contributed by atoms with Crippen molar-refractivity contribution in [2.24, 2.45) is 0 Å². The molecule has 2 saturated carbocycles. The summed E-state index contributed by atoms with van der Waals surface area (Å²) >= 11 is 0. The van der Waals surface area contributed by atoms with Crippen molar-refractivity contribution >= 4 is 0 Å². The van der Waals surface area contributed by atoms with Gasteiger partial charge < -0.3 is 0 Å². The summed E-state index contributed by atoms with van der Waals surface area (Å²) in [6.07, 6.45) is 14.1. The second kappa shape index (κ2) is 7.77. The van der Waals surface area contributed by atoms with Crippen LogP contribution in [0.1, 0.15) is 92.7 Å². The average molecular weight is 333 g/mol. The lowest BCUT2D eigenvalue weighted by atomic mass is 9.73. The highest BCUT2D eigenvalue weighted by Gasteiger charge is 2.26. The first-order valence-corrected chi connectivity index (χ1v) is 10.5. The van der Waals surface area contributed by atoms with Gasteiger partial charge >= 0.3 is 0 Å². The second-order valence-corrected chi connectivity index (χ2v) is 8.29. The fourth-order valence-electron chi connectivity index (χ4n) is 5.31. The van der Waals surface area contributed by atoms with Crippen molar-refractivity contribution in [3.63, 3.8) is 0 Å². The number of aryl methyl sites for hydroxylation is 1. The van der Waals surface area contributed by atoms with E-state index in [1.165, 1.54) is 80.9 Å². The first kappa shape index (κ1) is 16.9. The first-order valence-electron chi connectivity index (χ1n) is 10.5. The molecule has 2 aliphatic carbocycles. The largest absolute Gasteiger partial charge is 0.0620 e. The molecule has 0 atom stereocenters. The van der Waals surface area contributed by atoms with Gasteiger partial charge in [-0.1, -0.05) is 81.0 Å². The van der Waals surface area contributed by atoms with Crippen LogP contribution in [0.5, 0.6) is 0 Å². The molecule has 0 bridgehead atoms. The molecule has 0 heterocycles. The normalized spacial score (nSPS) is 19.9. The van der Waals surface area contributed by atoms with Crippen LogP contribution in [0.15, 0.2) is 42.5 Å². The van der Waals surface area contributed by atoms with Crippen molar-refractivity contribution < 1.29 is 0 Å². The molecule has 0 amide bonds. The Morgan fingerprint density at radius 1 is 0.600 bits per heavy atom. The Morgan fingerprint density at radius 3 is 1.88 bits per heavy atom. The van der Waals surface area contributed by atoms with Gasteiger partial charge in [-0.3, -0.25) is 0 Å². The molecule has 0 heteroatoms. The van der Waals surface area contributed by atoms with Crippen molar-refractivity contribution in [3.8, 4) is 11.1 Å². The topological polar surface area (TPSA) is 0 Å². The molecule has 2 aliphatic rings. The van der Waals surface area contributed by atoms with Crippen LogP contribution in [-0.4, -0.2) is 0 Å². The molecule has 4 rings (SSSR count). The summed E-state index contributed by atoms with van der Waals surface area (Å²) in [4.78, 5) is 0. The summed E-state index contributed by atoms with van der Waals surface area (Å²) in [5.41, 5.74) is 7.84. The monoisotopic (exact) mass is 332 g/mol. The summed E-state index contributed by atoms with van der Waals surface area (Å²) in [5, 5.41) is 0. The van der Waals surface area contributed by atoms with Crippen molar-refractivity contribution in [1.82, 2.24) is 0 Å². The maximum atomic E-state index is 2.47. The summed E-state index contributed by atoms with van der Waals surface area (Å²) in [6, 6.07) is 16.2. The van der Waals surface area contributed by atoms with Crippen molar-refractivity contribution in [3.05, 3.63) is 59.2 Å². The molecule has 0 radical (unpaired) electrons. The Bertz CT molecular complexity index is 700. The Hall–Kier alpha value is -1.56. The highest BCUT2D eigenvalue weighted by molar-refractivity contribution is 5.72. The van der Waals surface area contributed by atoms with Gasteiger partial charge in [0.2, 0.25) is 0 Å². The predicted octanol–water partition coefficient (Wildman–Crippen LogP) is 7.76. The molecular formula is C25H32. The van der Waals surface area contributed by atoms with Gasteiger partial charge in [0.05, 0.1) is 0 Å². The number of rotatable bonds is 3. The van der Waals surface area contributed by atoms with Crippen LogP contribution in [0.2, 0.25) is 0 Å². The lowest BCUT2D eigenvalue weighted by molar-refractivity contribution is 0.419. The zero-order valence-corrected chi connectivity index (χ0v) is 15.8. The second-order valence-electron chi connectivity index (χ2n) is 8.29. The third-order valence-corrected chi connectivity index (χ3v) is 6.63. The minimum Gasteiger partial charge on any atom is -0.0620 e. The van der Waals surface area contributed by atoms with Crippen LogP contribution in [-0.2, 0) is 0 Å². The van der Waals surface area contributed by atoms with Gasteiger partial charge in [-0.15, -0.1) is 0 Å². The lowest BCUT2D eigenvalue weighted by Crippen LogP contribution is -2.13. The number of hydrogen-bond acceptors (Lipinski definition) is 0. The molecule has 0 unspecified atom stereocenters. The van der Waals surface area contributed by atoms with E-state index in [2.05, 4.69) is 49.4 Å². The van der Waals surface area contributed by atoms with E-state index in [-0.39, 0.29) is 0 Å². The molecule has 132 valence electrons. The van der Waals surface area contributed by atoms with Crippen molar-refractivity contribution in [2.45, 2.75) is 83.0 Å². The van der Waals surface area contributed by atoms with E-state index >= 15 is 0 Å². The maximum absolute atomic E-state index is 2.47. The Morgan fingerprint density at radius 2 is 1.20 bits per heavy atom. The fraction of sp³-hybridized carbons (Fsp3) is 0.520. The van der Waals surface area contributed by atoms with E-state index < -0.39 is 0 Å². The van der Waals surface area contributed by atoms with Gasteiger partial charge in [-0.2, -0.15) is 0 Å². The standard InChI is InChI=1S/C25H32/c1-19-11-8-9-16-22(19)24-18-10-17-23(20-12-4-2-5-13-20)25(24)21-14-6-3-7-15-21/h8-11,16-18,20-21H,2-7,12-15H2,1H3. The number of hydrogen-bond donors (Lipinski definition) is 0. The summed E-state index contributed by atoms with van der Waals surface area (Å²) < 4.78 is 0. The van der Waals surface area contributed by atoms with E-state index in [4.69, 9.17) is 0 Å². The van der Waals surface area contributed by atoms with Crippen LogP contribution in [0.4, 0.5) is 0 Å². The van der Waals surface area contributed by atoms with E-state index in [0.29, 0.717) is 0 Å². The zero-order valence-electron chi connectivity index (χ0n) is 15.8. The Balaban J connectivity index is 1.83. The molecule has 0 saturated heterocycles. The molecule has 0 aliphatic heterocycles. The third-order valence-electron chi connectivity index (χ3n) is 6.63. The summed E-state index contributed by atoms with van der Waals surface area (Å²) in [5.74, 6) is 1.58. The molecule has 2 aromatic carbocycles. The van der Waals surface area contributed by atoms with Crippen LogP contribution in [0.3, 0.4) is 0 Å². The zero-order chi connectivity index (χ0) is 17.1. The molecular weight excluding hydrogens is 300 g/mol. The minimum absolute atomic E-state index is 0.779. The molecule has 2 fully saturated rings. The van der Waals surface area contributed by atoms with Gasteiger partial charge in [0.15, 0.2) is 0 Å². The van der Waals surface area contributed by atoms with Crippen LogP contribution in [0, 0.1) is 6.92 Å². The van der Waals surface area contributed by atoms with Gasteiger partial charge in [-0.05, 0) is 72.3 Å². The van der Waals surface area contributed by atoms with Crippen LogP contribution in [0.25, 0.3) is 11.1 Å². The van der Waals surface area contributed by atoms with E-state index in [9.17, 15) is 0 Å². The molecule has 0 nitrogen and oxygen atoms in total. The lowest BCUT2D eigenvalue weighted by Gasteiger charge is -2.32. The average Bonchev–Trinajstić information content (AvgIpc) is 2.69. The maximum Gasteiger partial charge on any atom is -0.0144 e. The van der Waals surface area contributed by atoms with Gasteiger partial charge in [0.1, 0.15) is 0 Å². The smallest absolute Gasteiger partial charge is 0.0144 e. The Kier molecular flexibility index (Phi) is 5.25. The van der Waals surface area contributed by atoms with Crippen molar-refractivity contribution in [1.29, 1.82) is 0 Å². The van der Waals surface area contributed by atoms with Crippen LogP contribution < -0.4 is 0 Å². The molecule has 25 heavy (non-hydrogen) atoms. The van der Waals surface area contributed by atoms with E-state index in [1.807, 2.05) is 0 Å². The minimum atomic E-state index is 0.779. The molecule has 2 aromatic rings. The highest BCUT2D eigenvalue weighted by Crippen LogP contribution is 2.45. The predicted molar refractivity (Wildman–Crippen MR) is 108 cm³/mol. The fourth-order valence-corrected chi connectivity index (χ4v) is 5.31. The van der Waals surface area contributed by atoms with Gasteiger partial charge in [0.25, 0.3) is 0 Å². The highest BCUT2D eigenvalue weighted by atomic mass is 14.3. The van der Waals surface area contributed by atoms with E-state index in [1.54, 1.807) is 11.1 Å². The first-order chi connectivity index (χ1) is 12.3. The Labute approximate surface area is 153 Å². The SMILES string of the molecule is Cc1ccccc1-c1cccc(C2CCCCC2)c1C1CCCCC1. The van der Waals surface area contributed by atoms with E-state index in [0.717, 1.165) is 11.8 Å². The van der Waals surface area contributed by atoms with Gasteiger partial charge in [-0.25, -0.2) is 0 Å². The molecule has 0 aromatic heterocycles. The third kappa shape index (κ3) is 3.54. The van der Waals surface area contributed by atoms with Crippen LogP contribution >= 0.6 is 0 Å². The quantitative estimate of drug-likeness (QED) is 0.539. The van der Waals surface area contributed by atoms with Gasteiger partial charge in [0, 0.05) is 0 Å².